The fourth-order valence-electron chi connectivity index (χ4n) is 7.40. The number of allylic oxidation sites excluding steroid dienone is 2. The SMILES string of the molecule is CC1=C2C[C@H]3[C@@H](C[C@@]2(C)CCC1)OC(=O)[C@@H]3CN[C@H]1CCCc2c1[nH]c1ccc(C)cc21. The average molecular weight is 433 g/mol. The number of carbonyl (C=O) groups excluding carboxylic acids is 1. The van der Waals surface area contributed by atoms with Crippen LogP contribution in [0.4, 0.5) is 0 Å². The van der Waals surface area contributed by atoms with Crippen molar-refractivity contribution in [1.82, 2.24) is 10.3 Å². The van der Waals surface area contributed by atoms with Crippen molar-refractivity contribution in [2.75, 3.05) is 6.54 Å². The van der Waals surface area contributed by atoms with E-state index in [1.165, 1.54) is 53.4 Å². The summed E-state index contributed by atoms with van der Waals surface area (Å²) in [5.41, 5.74) is 8.81. The van der Waals surface area contributed by atoms with Gasteiger partial charge in [0.2, 0.25) is 0 Å². The van der Waals surface area contributed by atoms with Gasteiger partial charge in [-0.05, 0) is 88.3 Å². The molecule has 2 fully saturated rings. The summed E-state index contributed by atoms with van der Waals surface area (Å²) in [5, 5.41) is 5.18. The van der Waals surface area contributed by atoms with Crippen LogP contribution in [0, 0.1) is 24.2 Å². The predicted molar refractivity (Wildman–Crippen MR) is 127 cm³/mol. The van der Waals surface area contributed by atoms with E-state index in [2.05, 4.69) is 49.3 Å². The van der Waals surface area contributed by atoms with E-state index in [1.807, 2.05) is 0 Å². The van der Waals surface area contributed by atoms with Crippen molar-refractivity contribution in [3.05, 3.63) is 46.2 Å². The maximum absolute atomic E-state index is 12.9. The number of H-pyrrole nitrogens is 1. The third kappa shape index (κ3) is 3.17. The normalized spacial score (nSPS) is 34.3. The molecule has 1 aromatic carbocycles. The van der Waals surface area contributed by atoms with E-state index in [0.29, 0.717) is 12.0 Å². The molecule has 4 aliphatic rings. The topological polar surface area (TPSA) is 54.1 Å². The lowest BCUT2D eigenvalue weighted by Crippen LogP contribution is -2.41. The second-order valence-corrected chi connectivity index (χ2v) is 11.2. The average Bonchev–Trinajstić information content (AvgIpc) is 3.27. The van der Waals surface area contributed by atoms with Crippen molar-refractivity contribution in [2.45, 2.75) is 84.3 Å². The van der Waals surface area contributed by atoms with Gasteiger partial charge in [0.05, 0.1) is 5.92 Å². The number of fused-ring (bicyclic) bond motifs is 5. The van der Waals surface area contributed by atoms with Gasteiger partial charge in [-0.3, -0.25) is 4.79 Å². The summed E-state index contributed by atoms with van der Waals surface area (Å²) in [6, 6.07) is 6.99. The molecular weight excluding hydrogens is 396 g/mol. The van der Waals surface area contributed by atoms with Crippen molar-refractivity contribution in [2.24, 2.45) is 17.3 Å². The highest BCUT2D eigenvalue weighted by molar-refractivity contribution is 5.85. The van der Waals surface area contributed by atoms with E-state index >= 15 is 0 Å². The van der Waals surface area contributed by atoms with Crippen LogP contribution in [0.5, 0.6) is 0 Å². The lowest BCUT2D eigenvalue weighted by Gasteiger charge is -2.45. The van der Waals surface area contributed by atoms with Crippen molar-refractivity contribution in [3.63, 3.8) is 0 Å². The summed E-state index contributed by atoms with van der Waals surface area (Å²) in [6.45, 7) is 7.61. The summed E-state index contributed by atoms with van der Waals surface area (Å²) >= 11 is 0. The number of ether oxygens (including phenoxy) is 1. The van der Waals surface area contributed by atoms with Crippen LogP contribution in [0.1, 0.15) is 81.7 Å². The monoisotopic (exact) mass is 432 g/mol. The first-order chi connectivity index (χ1) is 15.4. The number of rotatable bonds is 3. The predicted octanol–water partition coefficient (Wildman–Crippen LogP) is 5.90. The van der Waals surface area contributed by atoms with Gasteiger partial charge in [0, 0.05) is 35.1 Å². The van der Waals surface area contributed by atoms with Crippen molar-refractivity contribution in [1.29, 1.82) is 0 Å². The molecule has 32 heavy (non-hydrogen) atoms. The Kier molecular flexibility index (Phi) is 4.80. The summed E-state index contributed by atoms with van der Waals surface area (Å²) in [5.74, 6) is 0.333. The van der Waals surface area contributed by atoms with Crippen molar-refractivity contribution < 1.29 is 9.53 Å². The lowest BCUT2D eigenvalue weighted by molar-refractivity contribution is -0.145. The number of hydrogen-bond acceptors (Lipinski definition) is 3. The number of aryl methyl sites for hydroxylation is 2. The number of hydrogen-bond donors (Lipinski definition) is 2. The van der Waals surface area contributed by atoms with Gasteiger partial charge in [-0.15, -0.1) is 0 Å². The Morgan fingerprint density at radius 1 is 1.22 bits per heavy atom. The Bertz CT molecular complexity index is 1110. The van der Waals surface area contributed by atoms with E-state index in [1.54, 1.807) is 11.1 Å². The Morgan fingerprint density at radius 3 is 2.97 bits per heavy atom. The summed E-state index contributed by atoms with van der Waals surface area (Å²) < 4.78 is 5.99. The molecule has 1 saturated carbocycles. The lowest BCUT2D eigenvalue weighted by atomic mass is 9.59. The molecule has 0 amide bonds. The van der Waals surface area contributed by atoms with Gasteiger partial charge in [0.1, 0.15) is 6.10 Å². The van der Waals surface area contributed by atoms with Crippen LogP contribution in [0.2, 0.25) is 0 Å². The Balaban J connectivity index is 1.22. The minimum atomic E-state index is -0.0243. The zero-order valence-corrected chi connectivity index (χ0v) is 19.7. The number of nitrogens with one attached hydrogen (secondary N) is 2. The van der Waals surface area contributed by atoms with E-state index in [0.717, 1.165) is 32.2 Å². The second-order valence-electron chi connectivity index (χ2n) is 11.2. The number of benzene rings is 1. The molecule has 0 unspecified atom stereocenters. The first-order valence-electron chi connectivity index (χ1n) is 12.7. The Hall–Kier alpha value is -2.07. The zero-order chi connectivity index (χ0) is 22.0. The zero-order valence-electron chi connectivity index (χ0n) is 19.7. The minimum Gasteiger partial charge on any atom is -0.462 e. The first kappa shape index (κ1) is 20.5. The maximum Gasteiger partial charge on any atom is 0.310 e. The van der Waals surface area contributed by atoms with Crippen molar-refractivity contribution in [3.8, 4) is 0 Å². The number of carbonyl (C=O) groups is 1. The molecule has 6 rings (SSSR count). The van der Waals surface area contributed by atoms with Crippen LogP contribution in [0.3, 0.4) is 0 Å². The second kappa shape index (κ2) is 7.48. The van der Waals surface area contributed by atoms with Gasteiger partial charge in [0.25, 0.3) is 0 Å². The third-order valence-electron chi connectivity index (χ3n) is 9.13. The highest BCUT2D eigenvalue weighted by Gasteiger charge is 2.52. The minimum absolute atomic E-state index is 0.0243. The fraction of sp³-hybridized carbons (Fsp3) is 0.607. The molecule has 170 valence electrons. The van der Waals surface area contributed by atoms with Gasteiger partial charge in [-0.1, -0.05) is 29.7 Å². The van der Waals surface area contributed by atoms with Crippen LogP contribution in [0.15, 0.2) is 29.3 Å². The quantitative estimate of drug-likeness (QED) is 0.469. The standard InChI is InChI=1S/C28H36N2O2/c1-16-9-10-23-19(12-16)18-7-4-8-24(26(18)30-23)29-15-21-20-13-22-17(2)6-5-11-28(22,3)14-25(20)32-27(21)31/h9-10,12,20-21,24-25,29-30H,4-8,11,13-15H2,1-3H3/t20-,21-,24+,25-,28-/m1/s1. The van der Waals surface area contributed by atoms with Crippen LogP contribution >= 0.6 is 0 Å². The molecule has 3 aliphatic carbocycles. The van der Waals surface area contributed by atoms with Gasteiger partial charge in [0.15, 0.2) is 0 Å². The molecule has 4 nitrogen and oxygen atoms in total. The maximum atomic E-state index is 12.9. The van der Waals surface area contributed by atoms with E-state index in [4.69, 9.17) is 4.74 Å². The van der Waals surface area contributed by atoms with Gasteiger partial charge < -0.3 is 15.0 Å². The largest absolute Gasteiger partial charge is 0.462 e. The fourth-order valence-corrected chi connectivity index (χ4v) is 7.40. The van der Waals surface area contributed by atoms with Crippen molar-refractivity contribution >= 4 is 16.9 Å². The molecule has 2 aromatic rings. The molecule has 2 heterocycles. The molecule has 0 bridgehead atoms. The number of aromatic nitrogens is 1. The smallest absolute Gasteiger partial charge is 0.310 e. The molecule has 2 N–H and O–H groups in total. The summed E-state index contributed by atoms with van der Waals surface area (Å²) in [4.78, 5) is 16.6. The molecule has 4 heteroatoms. The Morgan fingerprint density at radius 2 is 2.09 bits per heavy atom. The van der Waals surface area contributed by atoms with Crippen LogP contribution in [-0.4, -0.2) is 23.6 Å². The summed E-state index contributed by atoms with van der Waals surface area (Å²) in [7, 11) is 0. The number of esters is 1. The molecule has 1 aromatic heterocycles. The molecule has 0 spiro atoms. The third-order valence-corrected chi connectivity index (χ3v) is 9.13. The highest BCUT2D eigenvalue weighted by atomic mass is 16.6. The molecular formula is C28H36N2O2. The first-order valence-corrected chi connectivity index (χ1v) is 12.7. The summed E-state index contributed by atoms with van der Waals surface area (Å²) in [6.07, 6.45) is 9.36. The van der Waals surface area contributed by atoms with Crippen LogP contribution < -0.4 is 5.32 Å². The number of aromatic amines is 1. The van der Waals surface area contributed by atoms with E-state index in [-0.39, 0.29) is 23.4 Å². The van der Waals surface area contributed by atoms with Gasteiger partial charge in [-0.25, -0.2) is 0 Å². The van der Waals surface area contributed by atoms with Crippen LogP contribution in [-0.2, 0) is 16.0 Å². The molecule has 1 aliphatic heterocycles. The van der Waals surface area contributed by atoms with E-state index in [9.17, 15) is 4.79 Å². The molecule has 5 atom stereocenters. The van der Waals surface area contributed by atoms with Gasteiger partial charge >= 0.3 is 5.97 Å². The molecule has 0 radical (unpaired) electrons. The van der Waals surface area contributed by atoms with Gasteiger partial charge in [-0.2, -0.15) is 0 Å². The Labute approximate surface area is 191 Å². The van der Waals surface area contributed by atoms with E-state index < -0.39 is 0 Å². The highest BCUT2D eigenvalue weighted by Crippen LogP contribution is 2.55. The van der Waals surface area contributed by atoms with Crippen LogP contribution in [0.25, 0.3) is 10.9 Å². The molecule has 1 saturated heterocycles.